The average Bonchev–Trinajstić information content (AvgIpc) is 2.69. The number of para-hydroxylation sites is 1. The molecule has 0 bridgehead atoms. The number of halogens is 1. The smallest absolute Gasteiger partial charge is 0.255 e. The molecular weight excluding hydrogens is 428 g/mol. The maximum Gasteiger partial charge on any atom is 0.255 e. The fourth-order valence-electron chi connectivity index (χ4n) is 2.39. The Morgan fingerprint density at radius 2 is 1.48 bits per heavy atom. The summed E-state index contributed by atoms with van der Waals surface area (Å²) >= 11 is 3.39. The standard InChI is InChI=1S/C20H17BrN2O3S/c21-18-8-4-5-9-19(18)23-20(24)15-10-12-16(13-11-15)22-14-27(25,26)17-6-2-1-3-7-17/h1-13,22H,14H2,(H,23,24). The molecule has 27 heavy (non-hydrogen) atoms. The molecule has 0 radical (unpaired) electrons. The minimum absolute atomic E-state index is 0.223. The summed E-state index contributed by atoms with van der Waals surface area (Å²) in [6.07, 6.45) is 0. The quantitative estimate of drug-likeness (QED) is 0.584. The van der Waals surface area contributed by atoms with Crippen LogP contribution in [0.4, 0.5) is 11.4 Å². The third-order valence-electron chi connectivity index (χ3n) is 3.84. The van der Waals surface area contributed by atoms with E-state index in [0.29, 0.717) is 16.9 Å². The van der Waals surface area contributed by atoms with Crippen LogP contribution in [0.3, 0.4) is 0 Å². The van der Waals surface area contributed by atoms with E-state index in [4.69, 9.17) is 0 Å². The van der Waals surface area contributed by atoms with Crippen molar-refractivity contribution in [1.82, 2.24) is 0 Å². The van der Waals surface area contributed by atoms with E-state index in [2.05, 4.69) is 26.6 Å². The molecule has 0 saturated heterocycles. The van der Waals surface area contributed by atoms with Crippen LogP contribution in [0.1, 0.15) is 10.4 Å². The van der Waals surface area contributed by atoms with Gasteiger partial charge >= 0.3 is 0 Å². The van der Waals surface area contributed by atoms with Gasteiger partial charge in [0.05, 0.1) is 10.6 Å². The van der Waals surface area contributed by atoms with E-state index in [0.717, 1.165) is 4.47 Å². The lowest BCUT2D eigenvalue weighted by Crippen LogP contribution is -2.15. The van der Waals surface area contributed by atoms with E-state index in [1.54, 1.807) is 60.7 Å². The zero-order valence-electron chi connectivity index (χ0n) is 14.2. The van der Waals surface area contributed by atoms with Crippen LogP contribution in [0.15, 0.2) is 88.2 Å². The van der Waals surface area contributed by atoms with E-state index >= 15 is 0 Å². The number of rotatable bonds is 6. The topological polar surface area (TPSA) is 75.3 Å². The third-order valence-corrected chi connectivity index (χ3v) is 6.04. The Morgan fingerprint density at radius 1 is 0.852 bits per heavy atom. The largest absolute Gasteiger partial charge is 0.371 e. The minimum Gasteiger partial charge on any atom is -0.371 e. The van der Waals surface area contributed by atoms with E-state index in [1.165, 1.54) is 0 Å². The molecule has 3 aromatic carbocycles. The molecule has 0 aliphatic rings. The van der Waals surface area contributed by atoms with Crippen LogP contribution in [0.5, 0.6) is 0 Å². The molecular formula is C20H17BrN2O3S. The van der Waals surface area contributed by atoms with Crippen LogP contribution in [-0.4, -0.2) is 20.2 Å². The van der Waals surface area contributed by atoms with Crippen LogP contribution >= 0.6 is 15.9 Å². The van der Waals surface area contributed by atoms with Crippen molar-refractivity contribution in [1.29, 1.82) is 0 Å². The number of nitrogens with one attached hydrogen (secondary N) is 2. The minimum atomic E-state index is -3.43. The van der Waals surface area contributed by atoms with Crippen LogP contribution in [0.25, 0.3) is 0 Å². The van der Waals surface area contributed by atoms with Crippen molar-refractivity contribution in [3.05, 3.63) is 88.9 Å². The van der Waals surface area contributed by atoms with Crippen LogP contribution in [-0.2, 0) is 9.84 Å². The van der Waals surface area contributed by atoms with Crippen molar-refractivity contribution < 1.29 is 13.2 Å². The first kappa shape index (κ1) is 19.1. The molecule has 7 heteroatoms. The molecule has 5 nitrogen and oxygen atoms in total. The van der Waals surface area contributed by atoms with Crippen molar-refractivity contribution in [2.45, 2.75) is 4.90 Å². The van der Waals surface area contributed by atoms with E-state index in [9.17, 15) is 13.2 Å². The molecule has 138 valence electrons. The summed E-state index contributed by atoms with van der Waals surface area (Å²) in [6, 6.07) is 22.2. The molecule has 0 heterocycles. The highest BCUT2D eigenvalue weighted by Crippen LogP contribution is 2.22. The van der Waals surface area contributed by atoms with Crippen LogP contribution < -0.4 is 10.6 Å². The Kier molecular flexibility index (Phi) is 5.93. The van der Waals surface area contributed by atoms with Gasteiger partial charge in [-0.25, -0.2) is 8.42 Å². The Bertz CT molecular complexity index is 1040. The molecule has 2 N–H and O–H groups in total. The number of hydrogen-bond donors (Lipinski definition) is 2. The second-order valence-corrected chi connectivity index (χ2v) is 8.60. The van der Waals surface area contributed by atoms with E-state index in [-0.39, 0.29) is 16.7 Å². The second kappa shape index (κ2) is 8.37. The first-order chi connectivity index (χ1) is 13.0. The van der Waals surface area contributed by atoms with Gasteiger partial charge in [-0.1, -0.05) is 30.3 Å². The number of amides is 1. The van der Waals surface area contributed by atoms with Crippen molar-refractivity contribution >= 4 is 43.0 Å². The molecule has 0 saturated carbocycles. The maximum absolute atomic E-state index is 12.3. The summed E-state index contributed by atoms with van der Waals surface area (Å²) in [5.74, 6) is -0.468. The van der Waals surface area contributed by atoms with E-state index < -0.39 is 9.84 Å². The van der Waals surface area contributed by atoms with E-state index in [1.807, 2.05) is 18.2 Å². The summed E-state index contributed by atoms with van der Waals surface area (Å²) in [7, 11) is -3.43. The second-order valence-electron chi connectivity index (χ2n) is 5.76. The lowest BCUT2D eigenvalue weighted by molar-refractivity contribution is 0.102. The summed E-state index contributed by atoms with van der Waals surface area (Å²) in [6.45, 7) is 0. The lowest BCUT2D eigenvalue weighted by atomic mass is 10.2. The summed E-state index contributed by atoms with van der Waals surface area (Å²) < 4.78 is 25.4. The van der Waals surface area contributed by atoms with Crippen molar-refractivity contribution in [3.8, 4) is 0 Å². The highest BCUT2D eigenvalue weighted by molar-refractivity contribution is 9.10. The Morgan fingerprint density at radius 3 is 2.15 bits per heavy atom. The van der Waals surface area contributed by atoms with Crippen molar-refractivity contribution in [2.75, 3.05) is 16.5 Å². The third kappa shape index (κ3) is 4.96. The number of carbonyl (C=O) groups excluding carboxylic acids is 1. The first-order valence-corrected chi connectivity index (χ1v) is 10.6. The predicted octanol–water partition coefficient (Wildman–Crippen LogP) is 4.54. The monoisotopic (exact) mass is 444 g/mol. The molecule has 0 aliphatic carbocycles. The SMILES string of the molecule is O=C(Nc1ccccc1Br)c1ccc(NCS(=O)(=O)c2ccccc2)cc1. The zero-order valence-corrected chi connectivity index (χ0v) is 16.6. The number of sulfone groups is 1. The molecule has 0 unspecified atom stereocenters. The van der Waals surface area contributed by atoms with Gasteiger partial charge in [0, 0.05) is 15.7 Å². The Balaban J connectivity index is 1.64. The number of carbonyl (C=O) groups is 1. The Labute approximate surface area is 166 Å². The van der Waals surface area contributed by atoms with Gasteiger partial charge < -0.3 is 10.6 Å². The molecule has 0 spiro atoms. The highest BCUT2D eigenvalue weighted by atomic mass is 79.9. The van der Waals surface area contributed by atoms with Crippen LogP contribution in [0.2, 0.25) is 0 Å². The number of hydrogen-bond acceptors (Lipinski definition) is 4. The summed E-state index contributed by atoms with van der Waals surface area (Å²) in [5, 5.41) is 5.70. The predicted molar refractivity (Wildman–Crippen MR) is 111 cm³/mol. The summed E-state index contributed by atoms with van der Waals surface area (Å²) in [5.41, 5.74) is 1.77. The van der Waals surface area contributed by atoms with Crippen molar-refractivity contribution in [3.63, 3.8) is 0 Å². The zero-order chi connectivity index (χ0) is 19.3. The van der Waals surface area contributed by atoms with Gasteiger partial charge in [-0.15, -0.1) is 0 Å². The maximum atomic E-state index is 12.3. The molecule has 0 atom stereocenters. The van der Waals surface area contributed by atoms with Gasteiger partial charge in [0.1, 0.15) is 5.88 Å². The first-order valence-electron chi connectivity index (χ1n) is 8.13. The molecule has 0 aliphatic heterocycles. The molecule has 1 amide bonds. The molecule has 3 aromatic rings. The highest BCUT2D eigenvalue weighted by Gasteiger charge is 2.13. The van der Waals surface area contributed by atoms with Crippen molar-refractivity contribution in [2.24, 2.45) is 0 Å². The average molecular weight is 445 g/mol. The fourth-order valence-corrected chi connectivity index (χ4v) is 3.87. The molecule has 0 aromatic heterocycles. The van der Waals surface area contributed by atoms with Gasteiger partial charge in [0.2, 0.25) is 0 Å². The fraction of sp³-hybridized carbons (Fsp3) is 0.0500. The van der Waals surface area contributed by atoms with Crippen LogP contribution in [0, 0.1) is 0 Å². The Hall–Kier alpha value is -2.64. The molecule has 3 rings (SSSR count). The van der Waals surface area contributed by atoms with Gasteiger partial charge in [-0.2, -0.15) is 0 Å². The lowest BCUT2D eigenvalue weighted by Gasteiger charge is -2.10. The number of anilines is 2. The summed E-state index contributed by atoms with van der Waals surface area (Å²) in [4.78, 5) is 12.6. The van der Waals surface area contributed by atoms with Gasteiger partial charge in [0.15, 0.2) is 9.84 Å². The normalized spacial score (nSPS) is 11.0. The van der Waals surface area contributed by atoms with Gasteiger partial charge in [0.25, 0.3) is 5.91 Å². The van der Waals surface area contributed by atoms with Gasteiger partial charge in [-0.3, -0.25) is 4.79 Å². The molecule has 0 fully saturated rings. The van der Waals surface area contributed by atoms with Gasteiger partial charge in [-0.05, 0) is 64.5 Å². The number of benzene rings is 3.